The van der Waals surface area contributed by atoms with E-state index in [-0.39, 0.29) is 0 Å². The van der Waals surface area contributed by atoms with E-state index < -0.39 is 0 Å². The lowest BCUT2D eigenvalue weighted by atomic mass is 10.2. The van der Waals surface area contributed by atoms with Crippen LogP contribution in [0.2, 0.25) is 5.02 Å². The molecule has 0 aliphatic rings. The van der Waals surface area contributed by atoms with E-state index in [1.165, 1.54) is 0 Å². The lowest BCUT2D eigenvalue weighted by Crippen LogP contribution is -2.09. The predicted molar refractivity (Wildman–Crippen MR) is 77.8 cm³/mol. The summed E-state index contributed by atoms with van der Waals surface area (Å²) in [5, 5.41) is 0.712. The van der Waals surface area contributed by atoms with E-state index in [1.54, 1.807) is 0 Å². The molecule has 1 aromatic heterocycles. The molecular weight excluding hydrogens is 268 g/mol. The predicted octanol–water partition coefficient (Wildman–Crippen LogP) is 4.02. The number of hydrogen-bond donors (Lipinski definition) is 1. The lowest BCUT2D eigenvalue weighted by Gasteiger charge is -2.08. The maximum absolute atomic E-state index is 6.21. The van der Waals surface area contributed by atoms with Gasteiger partial charge in [-0.2, -0.15) is 0 Å². The largest absolute Gasteiger partial charge is 0.379 e. The number of benzene rings is 1. The van der Waals surface area contributed by atoms with Crippen LogP contribution in [0.1, 0.15) is 13.8 Å². The highest BCUT2D eigenvalue weighted by Gasteiger charge is 2.07. The van der Waals surface area contributed by atoms with Gasteiger partial charge in [-0.1, -0.05) is 31.5 Å². The van der Waals surface area contributed by atoms with Crippen molar-refractivity contribution in [3.63, 3.8) is 0 Å². The average molecular weight is 285 g/mol. The normalized spacial score (nSPS) is 11.6. The van der Waals surface area contributed by atoms with Crippen LogP contribution in [-0.2, 0) is 11.3 Å². The Hall–Kier alpha value is -0.840. The minimum atomic E-state index is 0.546. The van der Waals surface area contributed by atoms with Crippen molar-refractivity contribution in [2.45, 2.75) is 20.4 Å². The molecule has 18 heavy (non-hydrogen) atoms. The van der Waals surface area contributed by atoms with Gasteiger partial charge in [-0.25, -0.2) is 0 Å². The topological polar surface area (TPSA) is 29.9 Å². The van der Waals surface area contributed by atoms with Crippen molar-refractivity contribution in [1.82, 2.24) is 9.55 Å². The number of para-hydroxylation sites is 1. The molecule has 0 bridgehead atoms. The molecule has 0 fully saturated rings. The molecule has 0 amide bonds. The number of hydrogen-bond acceptors (Lipinski definition) is 2. The molecule has 0 spiro atoms. The first kappa shape index (κ1) is 13.6. The van der Waals surface area contributed by atoms with E-state index in [9.17, 15) is 0 Å². The van der Waals surface area contributed by atoms with Gasteiger partial charge in [-0.15, -0.1) is 0 Å². The van der Waals surface area contributed by atoms with E-state index in [0.29, 0.717) is 22.3 Å². The molecule has 1 aromatic carbocycles. The number of nitrogens with one attached hydrogen (secondary N) is 1. The Morgan fingerprint density at radius 2 is 2.22 bits per heavy atom. The van der Waals surface area contributed by atoms with E-state index >= 15 is 0 Å². The number of aromatic nitrogens is 2. The molecule has 0 atom stereocenters. The molecule has 1 N–H and O–H groups in total. The minimum Gasteiger partial charge on any atom is -0.379 e. The summed E-state index contributed by atoms with van der Waals surface area (Å²) in [6, 6.07) is 5.76. The molecular formula is C13H17ClN2OS. The van der Waals surface area contributed by atoms with Gasteiger partial charge in [-0.3, -0.25) is 0 Å². The SMILES string of the molecule is CC(C)COCCn1c(=S)[nH]c2cccc(Cl)c21. The Bertz CT molecular complexity index is 588. The van der Waals surface area contributed by atoms with Gasteiger partial charge in [0.15, 0.2) is 4.77 Å². The van der Waals surface area contributed by atoms with Crippen LogP contribution in [0.25, 0.3) is 11.0 Å². The first-order chi connectivity index (χ1) is 8.59. The molecule has 2 aromatic rings. The Balaban J connectivity index is 2.17. The van der Waals surface area contributed by atoms with Crippen LogP contribution in [-0.4, -0.2) is 22.8 Å². The molecule has 1 heterocycles. The quantitative estimate of drug-likeness (QED) is 0.664. The monoisotopic (exact) mass is 284 g/mol. The van der Waals surface area contributed by atoms with Gasteiger partial charge < -0.3 is 14.3 Å². The Labute approximate surface area is 117 Å². The van der Waals surface area contributed by atoms with Crippen molar-refractivity contribution >= 4 is 34.9 Å². The first-order valence-corrected chi connectivity index (χ1v) is 6.83. The maximum atomic E-state index is 6.21. The number of fused-ring (bicyclic) bond motifs is 1. The van der Waals surface area contributed by atoms with Crippen molar-refractivity contribution < 1.29 is 4.74 Å². The van der Waals surface area contributed by atoms with Crippen LogP contribution in [0, 0.1) is 10.7 Å². The fraction of sp³-hybridized carbons (Fsp3) is 0.462. The summed E-state index contributed by atoms with van der Waals surface area (Å²) in [5.41, 5.74) is 1.92. The third-order valence-corrected chi connectivity index (χ3v) is 3.28. The first-order valence-electron chi connectivity index (χ1n) is 6.04. The lowest BCUT2D eigenvalue weighted by molar-refractivity contribution is 0.103. The van der Waals surface area contributed by atoms with Crippen molar-refractivity contribution in [2.24, 2.45) is 5.92 Å². The number of H-pyrrole nitrogens is 1. The fourth-order valence-corrected chi connectivity index (χ4v) is 2.43. The summed E-state index contributed by atoms with van der Waals surface area (Å²) < 4.78 is 8.27. The van der Waals surface area contributed by atoms with Gasteiger partial charge >= 0.3 is 0 Å². The van der Waals surface area contributed by atoms with E-state index in [1.807, 2.05) is 22.8 Å². The second-order valence-corrected chi connectivity index (χ2v) is 5.48. The maximum Gasteiger partial charge on any atom is 0.178 e. The van der Waals surface area contributed by atoms with Crippen molar-refractivity contribution in [2.75, 3.05) is 13.2 Å². The molecule has 5 heteroatoms. The van der Waals surface area contributed by atoms with Gasteiger partial charge in [0.2, 0.25) is 0 Å². The molecule has 0 unspecified atom stereocenters. The number of nitrogens with zero attached hydrogens (tertiary/aromatic N) is 1. The standard InChI is InChI=1S/C13H17ClN2OS/c1-9(2)8-17-7-6-16-12-10(14)4-3-5-11(12)15-13(16)18/h3-5,9H,6-8H2,1-2H3,(H,15,18). The zero-order valence-electron chi connectivity index (χ0n) is 10.6. The van der Waals surface area contributed by atoms with E-state index in [2.05, 4.69) is 18.8 Å². The second kappa shape index (κ2) is 5.87. The Kier molecular flexibility index (Phi) is 4.43. The highest BCUT2D eigenvalue weighted by Crippen LogP contribution is 2.23. The second-order valence-electron chi connectivity index (χ2n) is 4.69. The Morgan fingerprint density at radius 1 is 1.44 bits per heavy atom. The van der Waals surface area contributed by atoms with Crippen molar-refractivity contribution in [3.05, 3.63) is 28.0 Å². The van der Waals surface area contributed by atoms with Crippen molar-refractivity contribution in [3.8, 4) is 0 Å². The third-order valence-electron chi connectivity index (χ3n) is 2.65. The van der Waals surface area contributed by atoms with Gasteiger partial charge in [0.25, 0.3) is 0 Å². The fourth-order valence-electron chi connectivity index (χ4n) is 1.86. The molecule has 3 nitrogen and oxygen atoms in total. The molecule has 2 rings (SSSR count). The molecule has 0 radical (unpaired) electrons. The molecule has 0 saturated heterocycles. The van der Waals surface area contributed by atoms with Crippen LogP contribution in [0.5, 0.6) is 0 Å². The third kappa shape index (κ3) is 2.94. The number of halogens is 1. The number of imidazole rings is 1. The molecule has 0 aliphatic carbocycles. The summed E-state index contributed by atoms with van der Waals surface area (Å²) in [6.07, 6.45) is 0. The zero-order valence-corrected chi connectivity index (χ0v) is 12.1. The summed E-state index contributed by atoms with van der Waals surface area (Å²) in [4.78, 5) is 3.16. The minimum absolute atomic E-state index is 0.546. The summed E-state index contributed by atoms with van der Waals surface area (Å²) >= 11 is 11.5. The highest BCUT2D eigenvalue weighted by atomic mass is 35.5. The van der Waals surface area contributed by atoms with E-state index in [0.717, 1.165) is 24.2 Å². The van der Waals surface area contributed by atoms with Gasteiger partial charge in [0, 0.05) is 13.2 Å². The molecule has 0 saturated carbocycles. The van der Waals surface area contributed by atoms with Gasteiger partial charge in [0.05, 0.1) is 22.7 Å². The van der Waals surface area contributed by atoms with Crippen LogP contribution in [0.15, 0.2) is 18.2 Å². The summed E-state index contributed by atoms with van der Waals surface area (Å²) in [6.45, 7) is 6.39. The van der Waals surface area contributed by atoms with Gasteiger partial charge in [-0.05, 0) is 30.3 Å². The van der Waals surface area contributed by atoms with Crippen LogP contribution in [0.3, 0.4) is 0 Å². The highest BCUT2D eigenvalue weighted by molar-refractivity contribution is 7.71. The van der Waals surface area contributed by atoms with Crippen LogP contribution >= 0.6 is 23.8 Å². The van der Waals surface area contributed by atoms with Crippen molar-refractivity contribution in [1.29, 1.82) is 0 Å². The molecule has 0 aliphatic heterocycles. The van der Waals surface area contributed by atoms with E-state index in [4.69, 9.17) is 28.6 Å². The average Bonchev–Trinajstić information content (AvgIpc) is 2.62. The molecule has 98 valence electrons. The smallest absolute Gasteiger partial charge is 0.178 e. The van der Waals surface area contributed by atoms with Gasteiger partial charge in [0.1, 0.15) is 0 Å². The van der Waals surface area contributed by atoms with Crippen LogP contribution < -0.4 is 0 Å². The summed E-state index contributed by atoms with van der Waals surface area (Å²) in [7, 11) is 0. The Morgan fingerprint density at radius 3 is 2.94 bits per heavy atom. The number of aromatic amines is 1. The summed E-state index contributed by atoms with van der Waals surface area (Å²) in [5.74, 6) is 0.546. The van der Waals surface area contributed by atoms with Crippen LogP contribution in [0.4, 0.5) is 0 Å². The number of ether oxygens (including phenoxy) is 1. The number of rotatable bonds is 5. The zero-order chi connectivity index (χ0) is 13.1.